The van der Waals surface area contributed by atoms with E-state index in [9.17, 15) is 18.0 Å². The number of carbonyl (C=O) groups is 1. The van der Waals surface area contributed by atoms with E-state index in [2.05, 4.69) is 13.8 Å². The minimum Gasteiger partial charge on any atom is -0.467 e. The monoisotopic (exact) mass is 371 g/mol. The Kier molecular flexibility index (Phi) is 6.58. The highest BCUT2D eigenvalue weighted by Gasteiger charge is 2.33. The molecule has 2 aromatic rings. The van der Waals surface area contributed by atoms with Crippen LogP contribution in [0.5, 0.6) is 0 Å². The number of furan rings is 1. The summed E-state index contributed by atoms with van der Waals surface area (Å²) in [6.45, 7) is 2.67. The molecule has 0 aliphatic heterocycles. The molecule has 25 heavy (non-hydrogen) atoms. The summed E-state index contributed by atoms with van der Waals surface area (Å²) in [5, 5.41) is 0. The van der Waals surface area contributed by atoms with Crippen molar-refractivity contribution in [3.63, 3.8) is 0 Å². The number of hydrogen-bond acceptors (Lipinski definition) is 3. The Morgan fingerprint density at radius 3 is 2.40 bits per heavy atom. The molecule has 0 bridgehead atoms. The van der Waals surface area contributed by atoms with Gasteiger partial charge in [-0.15, -0.1) is 11.8 Å². The minimum atomic E-state index is -4.45. The molecule has 0 aliphatic carbocycles. The van der Waals surface area contributed by atoms with Crippen molar-refractivity contribution in [3.8, 4) is 0 Å². The van der Waals surface area contributed by atoms with Crippen molar-refractivity contribution < 1.29 is 22.4 Å². The summed E-state index contributed by atoms with van der Waals surface area (Å²) < 4.78 is 43.3. The molecule has 0 saturated heterocycles. The standard InChI is InChI=1S/C18H20F3NO2S/c1-13(2)14-5-7-16(8-6-14)25-11-17(23)22(12-18(19,20)21)10-15-4-3-9-24-15/h3-9,13H,10-12H2,1-2H3. The summed E-state index contributed by atoms with van der Waals surface area (Å²) in [6.07, 6.45) is -3.08. The Hall–Kier alpha value is -1.89. The Morgan fingerprint density at radius 1 is 1.20 bits per heavy atom. The number of amides is 1. The van der Waals surface area contributed by atoms with Crippen molar-refractivity contribution in [2.24, 2.45) is 0 Å². The number of rotatable bonds is 7. The lowest BCUT2D eigenvalue weighted by atomic mass is 10.0. The van der Waals surface area contributed by atoms with Crippen LogP contribution in [-0.4, -0.2) is 29.3 Å². The number of carbonyl (C=O) groups excluding carboxylic acids is 1. The van der Waals surface area contributed by atoms with Crippen molar-refractivity contribution in [2.45, 2.75) is 37.4 Å². The molecule has 0 fully saturated rings. The fourth-order valence-corrected chi connectivity index (χ4v) is 3.03. The van der Waals surface area contributed by atoms with E-state index in [0.717, 1.165) is 9.80 Å². The van der Waals surface area contributed by atoms with Crippen molar-refractivity contribution >= 4 is 17.7 Å². The quantitative estimate of drug-likeness (QED) is 0.636. The van der Waals surface area contributed by atoms with Crippen molar-refractivity contribution in [2.75, 3.05) is 12.3 Å². The molecule has 0 unspecified atom stereocenters. The molecule has 1 aromatic heterocycles. The van der Waals surface area contributed by atoms with Gasteiger partial charge in [0.15, 0.2) is 0 Å². The molecule has 1 amide bonds. The van der Waals surface area contributed by atoms with E-state index in [1.165, 1.54) is 23.6 Å². The molecular weight excluding hydrogens is 351 g/mol. The number of alkyl halides is 3. The van der Waals surface area contributed by atoms with Crippen LogP contribution in [0.1, 0.15) is 31.1 Å². The lowest BCUT2D eigenvalue weighted by Crippen LogP contribution is -2.39. The van der Waals surface area contributed by atoms with E-state index in [0.29, 0.717) is 11.7 Å². The second-order valence-electron chi connectivity index (χ2n) is 5.96. The van der Waals surface area contributed by atoms with Gasteiger partial charge in [-0.3, -0.25) is 4.79 Å². The van der Waals surface area contributed by atoms with Crippen LogP contribution in [0, 0.1) is 0 Å². The van der Waals surface area contributed by atoms with E-state index in [4.69, 9.17) is 4.42 Å². The molecule has 0 radical (unpaired) electrons. The van der Waals surface area contributed by atoms with Crippen LogP contribution >= 0.6 is 11.8 Å². The van der Waals surface area contributed by atoms with Crippen LogP contribution in [0.3, 0.4) is 0 Å². The average Bonchev–Trinajstić information content (AvgIpc) is 3.04. The summed E-state index contributed by atoms with van der Waals surface area (Å²) in [5.74, 6) is 0.0875. The van der Waals surface area contributed by atoms with Gasteiger partial charge in [-0.05, 0) is 35.7 Å². The van der Waals surface area contributed by atoms with Gasteiger partial charge < -0.3 is 9.32 Å². The topological polar surface area (TPSA) is 33.5 Å². The first kappa shape index (κ1) is 19.4. The second kappa shape index (κ2) is 8.47. The molecule has 3 nitrogen and oxygen atoms in total. The molecule has 0 spiro atoms. The van der Waals surface area contributed by atoms with Crippen LogP contribution in [-0.2, 0) is 11.3 Å². The smallest absolute Gasteiger partial charge is 0.406 e. The number of halogens is 3. The van der Waals surface area contributed by atoms with E-state index in [1.807, 2.05) is 24.3 Å². The molecule has 0 atom stereocenters. The van der Waals surface area contributed by atoms with Gasteiger partial charge >= 0.3 is 6.18 Å². The first-order valence-corrected chi connectivity index (χ1v) is 8.83. The third-order valence-electron chi connectivity index (χ3n) is 3.56. The predicted octanol–water partition coefficient (Wildman–Crippen LogP) is 5.09. The van der Waals surface area contributed by atoms with Crippen LogP contribution < -0.4 is 0 Å². The molecule has 1 aromatic carbocycles. The summed E-state index contributed by atoms with van der Waals surface area (Å²) in [5.41, 5.74) is 1.17. The summed E-state index contributed by atoms with van der Waals surface area (Å²) in [6, 6.07) is 10.8. The zero-order chi connectivity index (χ0) is 18.4. The predicted molar refractivity (Wildman–Crippen MR) is 91.4 cm³/mol. The maximum absolute atomic E-state index is 12.7. The fraction of sp³-hybridized carbons (Fsp3) is 0.389. The molecule has 136 valence electrons. The van der Waals surface area contributed by atoms with E-state index >= 15 is 0 Å². The van der Waals surface area contributed by atoms with Gasteiger partial charge in [-0.2, -0.15) is 13.2 Å². The third kappa shape index (κ3) is 6.49. The molecular formula is C18H20F3NO2S. The average molecular weight is 371 g/mol. The maximum atomic E-state index is 12.7. The number of benzene rings is 1. The Morgan fingerprint density at radius 2 is 1.88 bits per heavy atom. The van der Waals surface area contributed by atoms with E-state index < -0.39 is 18.6 Å². The number of hydrogen-bond donors (Lipinski definition) is 0. The SMILES string of the molecule is CC(C)c1ccc(SCC(=O)N(Cc2ccco2)CC(F)(F)F)cc1. The van der Waals surface area contributed by atoms with Crippen molar-refractivity contribution in [1.82, 2.24) is 4.90 Å². The zero-order valence-electron chi connectivity index (χ0n) is 14.0. The van der Waals surface area contributed by atoms with Gasteiger partial charge in [0.05, 0.1) is 18.6 Å². The van der Waals surface area contributed by atoms with Crippen molar-refractivity contribution in [3.05, 3.63) is 54.0 Å². The van der Waals surface area contributed by atoms with Crippen molar-refractivity contribution in [1.29, 1.82) is 0 Å². The molecule has 0 N–H and O–H groups in total. The Bertz CT molecular complexity index is 667. The molecule has 1 heterocycles. The van der Waals surface area contributed by atoms with Gasteiger partial charge in [0.1, 0.15) is 12.3 Å². The lowest BCUT2D eigenvalue weighted by molar-refractivity contribution is -0.161. The fourth-order valence-electron chi connectivity index (χ4n) is 2.22. The zero-order valence-corrected chi connectivity index (χ0v) is 14.9. The third-order valence-corrected chi connectivity index (χ3v) is 4.56. The summed E-state index contributed by atoms with van der Waals surface area (Å²) in [4.78, 5) is 13.9. The molecule has 0 aliphatic rings. The lowest BCUT2D eigenvalue weighted by Gasteiger charge is -2.23. The van der Waals surface area contributed by atoms with Gasteiger partial charge in [-0.1, -0.05) is 26.0 Å². The van der Waals surface area contributed by atoms with Crippen LogP contribution in [0.15, 0.2) is 52.0 Å². The summed E-state index contributed by atoms with van der Waals surface area (Å²) >= 11 is 1.23. The highest BCUT2D eigenvalue weighted by molar-refractivity contribution is 8.00. The van der Waals surface area contributed by atoms with Gasteiger partial charge in [-0.25, -0.2) is 0 Å². The van der Waals surface area contributed by atoms with Gasteiger partial charge in [0.2, 0.25) is 5.91 Å². The first-order chi connectivity index (χ1) is 11.7. The van der Waals surface area contributed by atoms with Crippen LogP contribution in [0.4, 0.5) is 13.2 Å². The number of nitrogens with zero attached hydrogens (tertiary/aromatic N) is 1. The highest BCUT2D eigenvalue weighted by atomic mass is 32.2. The maximum Gasteiger partial charge on any atom is 0.406 e. The Balaban J connectivity index is 1.98. The van der Waals surface area contributed by atoms with E-state index in [1.54, 1.807) is 12.1 Å². The van der Waals surface area contributed by atoms with Gasteiger partial charge in [0.25, 0.3) is 0 Å². The highest BCUT2D eigenvalue weighted by Crippen LogP contribution is 2.24. The largest absolute Gasteiger partial charge is 0.467 e. The molecule has 0 saturated carbocycles. The normalized spacial score (nSPS) is 11.8. The number of thioether (sulfide) groups is 1. The second-order valence-corrected chi connectivity index (χ2v) is 7.01. The molecule has 7 heteroatoms. The Labute approximate surface area is 149 Å². The van der Waals surface area contributed by atoms with Crippen LogP contribution in [0.25, 0.3) is 0 Å². The van der Waals surface area contributed by atoms with Gasteiger partial charge in [0, 0.05) is 4.90 Å². The molecule has 2 rings (SSSR count). The summed E-state index contributed by atoms with van der Waals surface area (Å²) in [7, 11) is 0. The van der Waals surface area contributed by atoms with E-state index in [-0.39, 0.29) is 12.3 Å². The van der Waals surface area contributed by atoms with Crippen LogP contribution in [0.2, 0.25) is 0 Å². The first-order valence-electron chi connectivity index (χ1n) is 7.84. The minimum absolute atomic E-state index is 0.0577.